The molecule has 1 aromatic rings. The van der Waals surface area contributed by atoms with Crippen LogP contribution in [0.5, 0.6) is 5.75 Å². The minimum Gasteiger partial charge on any atom is -0.487 e. The molecule has 2 heterocycles. The zero-order valence-corrected chi connectivity index (χ0v) is 17.7. The van der Waals surface area contributed by atoms with Gasteiger partial charge in [-0.25, -0.2) is 4.39 Å². The largest absolute Gasteiger partial charge is 0.487 e. The first-order chi connectivity index (χ1) is 14.0. The highest BCUT2D eigenvalue weighted by Crippen LogP contribution is 2.28. The molecule has 4 rings (SSSR count). The van der Waals surface area contributed by atoms with E-state index in [2.05, 4.69) is 29.0 Å². The van der Waals surface area contributed by atoms with Crippen LogP contribution in [-0.4, -0.2) is 66.1 Å². The van der Waals surface area contributed by atoms with Crippen molar-refractivity contribution in [3.8, 4) is 5.75 Å². The molecule has 1 unspecified atom stereocenters. The van der Waals surface area contributed by atoms with Gasteiger partial charge in [0.1, 0.15) is 6.10 Å². The molecule has 1 amide bonds. The fraction of sp³-hybridized carbons (Fsp3) is 0.696. The second-order valence-corrected chi connectivity index (χ2v) is 9.13. The Balaban J connectivity index is 1.28. The summed E-state index contributed by atoms with van der Waals surface area (Å²) in [6.07, 6.45) is 6.70. The van der Waals surface area contributed by atoms with Crippen molar-refractivity contribution in [3.63, 3.8) is 0 Å². The number of nitrogens with zero attached hydrogens (tertiary/aromatic N) is 2. The van der Waals surface area contributed by atoms with Crippen molar-refractivity contribution in [3.05, 3.63) is 29.6 Å². The molecule has 0 spiro atoms. The second-order valence-electron chi connectivity index (χ2n) is 9.13. The third-order valence-corrected chi connectivity index (χ3v) is 6.84. The lowest BCUT2D eigenvalue weighted by atomic mass is 9.92. The monoisotopic (exact) mass is 403 g/mol. The van der Waals surface area contributed by atoms with E-state index in [4.69, 9.17) is 4.74 Å². The Hall–Kier alpha value is -1.66. The van der Waals surface area contributed by atoms with E-state index in [1.807, 2.05) is 0 Å². The summed E-state index contributed by atoms with van der Waals surface area (Å²) in [6.45, 7) is 8.30. The van der Waals surface area contributed by atoms with Crippen LogP contribution in [0.15, 0.2) is 18.2 Å². The summed E-state index contributed by atoms with van der Waals surface area (Å²) in [4.78, 5) is 17.5. The van der Waals surface area contributed by atoms with Crippen molar-refractivity contribution in [1.29, 1.82) is 0 Å². The highest BCUT2D eigenvalue weighted by molar-refractivity contribution is 5.94. The van der Waals surface area contributed by atoms with Crippen LogP contribution in [-0.2, 0) is 0 Å². The second kappa shape index (κ2) is 9.00. The molecule has 1 N–H and O–H groups in total. The number of amides is 1. The van der Waals surface area contributed by atoms with Crippen LogP contribution in [0, 0.1) is 5.82 Å². The molecule has 160 valence electrons. The van der Waals surface area contributed by atoms with Crippen LogP contribution in [0.2, 0.25) is 0 Å². The molecule has 2 saturated heterocycles. The molecule has 1 atom stereocenters. The number of rotatable bonds is 6. The van der Waals surface area contributed by atoms with Crippen molar-refractivity contribution >= 4 is 5.91 Å². The van der Waals surface area contributed by atoms with E-state index in [0.717, 1.165) is 45.4 Å². The van der Waals surface area contributed by atoms with E-state index < -0.39 is 5.82 Å². The molecule has 1 aromatic carbocycles. The van der Waals surface area contributed by atoms with Gasteiger partial charge in [0.25, 0.3) is 5.91 Å². The number of carbonyl (C=O) groups excluding carboxylic acids is 1. The first-order valence-electron chi connectivity index (χ1n) is 11.2. The van der Waals surface area contributed by atoms with E-state index in [1.54, 1.807) is 12.1 Å². The van der Waals surface area contributed by atoms with Crippen molar-refractivity contribution in [2.75, 3.05) is 26.2 Å². The van der Waals surface area contributed by atoms with Crippen LogP contribution < -0.4 is 10.1 Å². The molecule has 29 heavy (non-hydrogen) atoms. The number of nitrogens with one attached hydrogen (secondary N) is 1. The van der Waals surface area contributed by atoms with Crippen LogP contribution >= 0.6 is 0 Å². The molecule has 5 nitrogen and oxygen atoms in total. The third kappa shape index (κ3) is 4.92. The number of ether oxygens (including phenoxy) is 1. The summed E-state index contributed by atoms with van der Waals surface area (Å²) < 4.78 is 20.5. The number of piperidine rings is 1. The van der Waals surface area contributed by atoms with Crippen LogP contribution in [0.1, 0.15) is 62.7 Å². The van der Waals surface area contributed by atoms with Gasteiger partial charge in [-0.05, 0) is 64.2 Å². The fourth-order valence-electron chi connectivity index (χ4n) is 4.68. The van der Waals surface area contributed by atoms with E-state index in [9.17, 15) is 9.18 Å². The Morgan fingerprint density at radius 3 is 2.52 bits per heavy atom. The minimum atomic E-state index is -0.452. The SMILES string of the molecule is CC(C)N1CCC(Oc2ccc(C(=O)NC3CCN(C4CCC4)C3)cc2F)CC1. The van der Waals surface area contributed by atoms with Gasteiger partial charge in [0, 0.05) is 49.9 Å². The van der Waals surface area contributed by atoms with Gasteiger partial charge in [-0.15, -0.1) is 0 Å². The number of carbonyl (C=O) groups is 1. The van der Waals surface area contributed by atoms with Gasteiger partial charge in [-0.2, -0.15) is 0 Å². The van der Waals surface area contributed by atoms with Crippen LogP contribution in [0.3, 0.4) is 0 Å². The van der Waals surface area contributed by atoms with Gasteiger partial charge in [-0.3, -0.25) is 9.69 Å². The van der Waals surface area contributed by atoms with Gasteiger partial charge in [0.05, 0.1) is 0 Å². The Morgan fingerprint density at radius 2 is 1.90 bits per heavy atom. The fourth-order valence-corrected chi connectivity index (χ4v) is 4.68. The molecule has 3 fully saturated rings. The molecule has 1 saturated carbocycles. The molecular formula is C23H34FN3O2. The van der Waals surface area contributed by atoms with E-state index in [0.29, 0.717) is 17.6 Å². The summed E-state index contributed by atoms with van der Waals surface area (Å²) in [5.74, 6) is -0.394. The summed E-state index contributed by atoms with van der Waals surface area (Å²) >= 11 is 0. The topological polar surface area (TPSA) is 44.8 Å². The molecule has 3 aliphatic rings. The van der Waals surface area contributed by atoms with E-state index >= 15 is 0 Å². The van der Waals surface area contributed by atoms with E-state index in [1.165, 1.54) is 25.3 Å². The molecule has 0 aromatic heterocycles. The summed E-state index contributed by atoms with van der Waals surface area (Å²) in [5.41, 5.74) is 0.367. The highest BCUT2D eigenvalue weighted by Gasteiger charge is 2.32. The zero-order valence-electron chi connectivity index (χ0n) is 17.7. The van der Waals surface area contributed by atoms with Gasteiger partial charge >= 0.3 is 0 Å². The van der Waals surface area contributed by atoms with Crippen molar-refractivity contribution < 1.29 is 13.9 Å². The average molecular weight is 404 g/mol. The first-order valence-corrected chi connectivity index (χ1v) is 11.2. The first kappa shape index (κ1) is 20.6. The molecule has 0 radical (unpaired) electrons. The maximum Gasteiger partial charge on any atom is 0.251 e. The summed E-state index contributed by atoms with van der Waals surface area (Å²) in [5, 5.41) is 3.08. The highest BCUT2D eigenvalue weighted by atomic mass is 19.1. The molecular weight excluding hydrogens is 369 g/mol. The summed E-state index contributed by atoms with van der Waals surface area (Å²) in [6, 6.07) is 5.99. The predicted octanol–water partition coefficient (Wildman–Crippen LogP) is 3.43. The lowest BCUT2D eigenvalue weighted by Gasteiger charge is -2.34. The van der Waals surface area contributed by atoms with Gasteiger partial charge in [0.2, 0.25) is 0 Å². The van der Waals surface area contributed by atoms with Crippen molar-refractivity contribution in [1.82, 2.24) is 15.1 Å². The zero-order chi connectivity index (χ0) is 20.4. The van der Waals surface area contributed by atoms with Crippen molar-refractivity contribution in [2.24, 2.45) is 0 Å². The molecule has 1 aliphatic carbocycles. The van der Waals surface area contributed by atoms with Crippen LogP contribution in [0.4, 0.5) is 4.39 Å². The van der Waals surface area contributed by atoms with Crippen LogP contribution in [0.25, 0.3) is 0 Å². The standard InChI is InChI=1S/C23H34FN3O2/c1-16(2)26-12-9-20(10-13-26)29-22-7-6-17(14-21(22)24)23(28)25-18-8-11-27(15-18)19-4-3-5-19/h6-7,14,16,18-20H,3-5,8-13,15H2,1-2H3,(H,25,28). The normalized spacial score (nSPS) is 24.6. The number of hydrogen-bond acceptors (Lipinski definition) is 4. The number of halogens is 1. The Kier molecular flexibility index (Phi) is 6.40. The molecule has 2 aliphatic heterocycles. The average Bonchev–Trinajstić information content (AvgIpc) is 3.10. The smallest absolute Gasteiger partial charge is 0.251 e. The number of benzene rings is 1. The lowest BCUT2D eigenvalue weighted by molar-refractivity contribution is 0.0815. The van der Waals surface area contributed by atoms with Gasteiger partial charge in [0.15, 0.2) is 11.6 Å². The Morgan fingerprint density at radius 1 is 1.14 bits per heavy atom. The third-order valence-electron chi connectivity index (χ3n) is 6.84. The maximum atomic E-state index is 14.6. The summed E-state index contributed by atoms with van der Waals surface area (Å²) in [7, 11) is 0. The quantitative estimate of drug-likeness (QED) is 0.790. The molecule has 6 heteroatoms. The number of likely N-dealkylation sites (tertiary alicyclic amines) is 2. The lowest BCUT2D eigenvalue weighted by Crippen LogP contribution is -2.42. The Labute approximate surface area is 173 Å². The predicted molar refractivity (Wildman–Crippen MR) is 112 cm³/mol. The van der Waals surface area contributed by atoms with Gasteiger partial charge in [-0.1, -0.05) is 6.42 Å². The maximum absolute atomic E-state index is 14.6. The number of hydrogen-bond donors (Lipinski definition) is 1. The molecule has 0 bridgehead atoms. The minimum absolute atomic E-state index is 0.0372. The van der Waals surface area contributed by atoms with Crippen molar-refractivity contribution in [2.45, 2.75) is 76.6 Å². The van der Waals surface area contributed by atoms with Gasteiger partial charge < -0.3 is 15.0 Å². The Bertz CT molecular complexity index is 714. The van der Waals surface area contributed by atoms with E-state index in [-0.39, 0.29) is 23.8 Å².